The van der Waals surface area contributed by atoms with E-state index in [0.29, 0.717) is 5.92 Å². The van der Waals surface area contributed by atoms with Gasteiger partial charge >= 0.3 is 0 Å². The van der Waals surface area contributed by atoms with E-state index < -0.39 is 0 Å². The fourth-order valence-electron chi connectivity index (χ4n) is 1.96. The summed E-state index contributed by atoms with van der Waals surface area (Å²) in [5.74, 6) is 7.12. The van der Waals surface area contributed by atoms with Crippen molar-refractivity contribution < 1.29 is 0 Å². The van der Waals surface area contributed by atoms with Gasteiger partial charge in [-0.2, -0.15) is 0 Å². The van der Waals surface area contributed by atoms with E-state index in [-0.39, 0.29) is 5.41 Å². The first-order valence-corrected chi connectivity index (χ1v) is 6.92. The predicted molar refractivity (Wildman–Crippen MR) is 84.4 cm³/mol. The van der Waals surface area contributed by atoms with Crippen molar-refractivity contribution in [2.45, 2.75) is 40.5 Å². The van der Waals surface area contributed by atoms with Gasteiger partial charge in [0, 0.05) is 11.0 Å². The van der Waals surface area contributed by atoms with Crippen molar-refractivity contribution in [3.63, 3.8) is 0 Å². The molecule has 0 nitrogen and oxygen atoms in total. The predicted octanol–water partition coefficient (Wildman–Crippen LogP) is 5.36. The highest BCUT2D eigenvalue weighted by Crippen LogP contribution is 2.22. The molecule has 0 aliphatic heterocycles. The molecule has 0 aliphatic rings. The third-order valence-corrected chi connectivity index (χ3v) is 3.11. The molecule has 0 amide bonds. The molecule has 0 aromatic heterocycles. The second-order valence-corrected chi connectivity index (χ2v) is 6.48. The molecule has 0 heterocycles. The van der Waals surface area contributed by atoms with Crippen LogP contribution in [0.2, 0.25) is 0 Å². The van der Waals surface area contributed by atoms with Crippen LogP contribution in [0.5, 0.6) is 0 Å². The Bertz CT molecular complexity index is 643. The van der Waals surface area contributed by atoms with Gasteiger partial charge in [-0.3, -0.25) is 0 Å². The zero-order valence-electron chi connectivity index (χ0n) is 12.5. The minimum Gasteiger partial charge on any atom is -0.0920 e. The van der Waals surface area contributed by atoms with E-state index in [1.165, 1.54) is 16.3 Å². The number of hydrogen-bond acceptors (Lipinski definition) is 0. The molecule has 0 aliphatic carbocycles. The summed E-state index contributed by atoms with van der Waals surface area (Å²) in [5, 5.41) is 2.57. The molecule has 2 rings (SSSR count). The molecule has 0 N–H and O–H groups in total. The van der Waals surface area contributed by atoms with Crippen molar-refractivity contribution >= 4 is 10.8 Å². The van der Waals surface area contributed by atoms with Crippen molar-refractivity contribution in [2.75, 3.05) is 0 Å². The van der Waals surface area contributed by atoms with Gasteiger partial charge < -0.3 is 0 Å². The van der Waals surface area contributed by atoms with Crippen LogP contribution in [0.4, 0.5) is 0 Å². The van der Waals surface area contributed by atoms with Gasteiger partial charge in [0.05, 0.1) is 0 Å². The molecule has 2 aromatic carbocycles. The van der Waals surface area contributed by atoms with Gasteiger partial charge in [-0.25, -0.2) is 0 Å². The minimum atomic E-state index is 0.0520. The van der Waals surface area contributed by atoms with Crippen molar-refractivity contribution in [3.8, 4) is 11.8 Å². The standard InChI is InChI=1S/C19H22/c1-14(2)16-8-9-17-12-15(6-7-18(17)13-16)10-11-19(3,4)5/h6-9,12-14H,1-5H3. The summed E-state index contributed by atoms with van der Waals surface area (Å²) in [7, 11) is 0. The molecule has 0 saturated heterocycles. The maximum atomic E-state index is 3.28. The molecule has 2 aromatic rings. The Morgan fingerprint density at radius 1 is 0.895 bits per heavy atom. The van der Waals surface area contributed by atoms with E-state index in [4.69, 9.17) is 0 Å². The zero-order valence-corrected chi connectivity index (χ0v) is 12.5. The minimum absolute atomic E-state index is 0.0520. The maximum Gasteiger partial charge on any atom is 0.0251 e. The molecule has 0 spiro atoms. The highest BCUT2D eigenvalue weighted by Gasteiger charge is 2.04. The molecule has 0 radical (unpaired) electrons. The summed E-state index contributed by atoms with van der Waals surface area (Å²) >= 11 is 0. The Morgan fingerprint density at radius 2 is 1.53 bits per heavy atom. The van der Waals surface area contributed by atoms with Gasteiger partial charge in [-0.1, -0.05) is 50.0 Å². The van der Waals surface area contributed by atoms with Crippen LogP contribution >= 0.6 is 0 Å². The number of rotatable bonds is 1. The summed E-state index contributed by atoms with van der Waals surface area (Å²) in [6, 6.07) is 13.2. The first-order chi connectivity index (χ1) is 8.85. The lowest BCUT2D eigenvalue weighted by molar-refractivity contribution is 0.571. The molecule has 0 fully saturated rings. The molecule has 19 heavy (non-hydrogen) atoms. The number of hydrogen-bond donors (Lipinski definition) is 0. The average Bonchev–Trinajstić information content (AvgIpc) is 2.34. The molecule has 0 heteroatoms. The molecule has 0 atom stereocenters. The summed E-state index contributed by atoms with van der Waals surface area (Å²) < 4.78 is 0. The molecule has 0 saturated carbocycles. The van der Waals surface area contributed by atoms with Crippen molar-refractivity contribution in [1.29, 1.82) is 0 Å². The Morgan fingerprint density at radius 3 is 2.16 bits per heavy atom. The van der Waals surface area contributed by atoms with Gasteiger partial charge in [0.1, 0.15) is 0 Å². The van der Waals surface area contributed by atoms with E-state index in [2.05, 4.69) is 82.9 Å². The second-order valence-electron chi connectivity index (χ2n) is 6.48. The fourth-order valence-corrected chi connectivity index (χ4v) is 1.96. The third kappa shape index (κ3) is 3.61. The zero-order chi connectivity index (χ0) is 14.0. The Balaban J connectivity index is 2.41. The topological polar surface area (TPSA) is 0 Å². The Hall–Kier alpha value is -1.74. The average molecular weight is 250 g/mol. The van der Waals surface area contributed by atoms with Crippen LogP contribution < -0.4 is 0 Å². The highest BCUT2D eigenvalue weighted by molar-refractivity contribution is 5.84. The van der Waals surface area contributed by atoms with E-state index in [1.807, 2.05) is 0 Å². The lowest BCUT2D eigenvalue weighted by Crippen LogP contribution is -1.99. The normalized spacial score (nSPS) is 11.5. The summed E-state index contributed by atoms with van der Waals surface area (Å²) in [6.07, 6.45) is 0. The van der Waals surface area contributed by atoms with Gasteiger partial charge in [0.15, 0.2) is 0 Å². The van der Waals surface area contributed by atoms with Crippen molar-refractivity contribution in [3.05, 3.63) is 47.5 Å². The van der Waals surface area contributed by atoms with Crippen molar-refractivity contribution in [1.82, 2.24) is 0 Å². The van der Waals surface area contributed by atoms with Crippen LogP contribution in [-0.4, -0.2) is 0 Å². The van der Waals surface area contributed by atoms with E-state index in [1.54, 1.807) is 0 Å². The lowest BCUT2D eigenvalue weighted by atomic mass is 9.96. The Kier molecular flexibility index (Phi) is 3.67. The first-order valence-electron chi connectivity index (χ1n) is 6.92. The van der Waals surface area contributed by atoms with E-state index in [9.17, 15) is 0 Å². The van der Waals surface area contributed by atoms with Gasteiger partial charge in [-0.15, -0.1) is 0 Å². The summed E-state index contributed by atoms with van der Waals surface area (Å²) in [4.78, 5) is 0. The largest absolute Gasteiger partial charge is 0.0920 e. The van der Waals surface area contributed by atoms with Crippen LogP contribution in [0.3, 0.4) is 0 Å². The van der Waals surface area contributed by atoms with Gasteiger partial charge in [0.2, 0.25) is 0 Å². The quantitative estimate of drug-likeness (QED) is 0.598. The van der Waals surface area contributed by atoms with Crippen LogP contribution in [0.1, 0.15) is 51.7 Å². The van der Waals surface area contributed by atoms with E-state index in [0.717, 1.165) is 5.56 Å². The molecular formula is C19H22. The van der Waals surface area contributed by atoms with Crippen LogP contribution in [0.15, 0.2) is 36.4 Å². The van der Waals surface area contributed by atoms with Gasteiger partial charge in [-0.05, 0) is 55.2 Å². The first kappa shape index (κ1) is 13.7. The monoisotopic (exact) mass is 250 g/mol. The number of benzene rings is 2. The molecule has 0 unspecified atom stereocenters. The van der Waals surface area contributed by atoms with Crippen LogP contribution in [-0.2, 0) is 0 Å². The van der Waals surface area contributed by atoms with Crippen LogP contribution in [0.25, 0.3) is 10.8 Å². The third-order valence-electron chi connectivity index (χ3n) is 3.11. The second kappa shape index (κ2) is 5.10. The van der Waals surface area contributed by atoms with Crippen LogP contribution in [0, 0.1) is 17.3 Å². The molecule has 0 bridgehead atoms. The molecular weight excluding hydrogens is 228 g/mol. The maximum absolute atomic E-state index is 3.28. The fraction of sp³-hybridized carbons (Fsp3) is 0.368. The summed E-state index contributed by atoms with van der Waals surface area (Å²) in [6.45, 7) is 10.9. The van der Waals surface area contributed by atoms with E-state index >= 15 is 0 Å². The van der Waals surface area contributed by atoms with Gasteiger partial charge in [0.25, 0.3) is 0 Å². The summed E-state index contributed by atoms with van der Waals surface area (Å²) in [5.41, 5.74) is 2.54. The lowest BCUT2D eigenvalue weighted by Gasteiger charge is -2.08. The SMILES string of the molecule is CC(C)c1ccc2cc(C#CC(C)(C)C)ccc2c1. The Labute approximate surface area is 116 Å². The smallest absolute Gasteiger partial charge is 0.0251 e. The molecule has 98 valence electrons. The highest BCUT2D eigenvalue weighted by atomic mass is 14.1. The number of fused-ring (bicyclic) bond motifs is 1. The van der Waals surface area contributed by atoms with Crippen molar-refractivity contribution in [2.24, 2.45) is 5.41 Å².